The Kier molecular flexibility index (Phi) is 6.68. The monoisotopic (exact) mass is 379 g/mol. The summed E-state index contributed by atoms with van der Waals surface area (Å²) in [5.74, 6) is -1.47. The highest BCUT2D eigenvalue weighted by Crippen LogP contribution is 2.29. The van der Waals surface area contributed by atoms with Crippen molar-refractivity contribution in [2.45, 2.75) is 77.1 Å². The molecule has 1 atom stereocenters. The van der Waals surface area contributed by atoms with E-state index in [9.17, 15) is 19.5 Å². The maximum Gasteiger partial charge on any atom is 0.411 e. The van der Waals surface area contributed by atoms with Gasteiger partial charge in [0.05, 0.1) is 5.92 Å². The Bertz CT molecular complexity index is 614. The van der Waals surface area contributed by atoms with Gasteiger partial charge in [-0.05, 0) is 52.9 Å². The summed E-state index contributed by atoms with van der Waals surface area (Å²) in [7, 11) is 0. The van der Waals surface area contributed by atoms with Gasteiger partial charge in [0.1, 0.15) is 12.1 Å². The minimum Gasteiger partial charge on any atom is -0.481 e. The average molecular weight is 379 g/mol. The Hall–Kier alpha value is -2.30. The number of ether oxygens (including phenoxy) is 1. The van der Waals surface area contributed by atoms with Crippen molar-refractivity contribution in [3.05, 3.63) is 11.4 Å². The zero-order valence-electron chi connectivity index (χ0n) is 16.3. The number of likely N-dealkylation sites (tertiary alicyclic amines) is 1. The zero-order chi connectivity index (χ0) is 20.2. The molecule has 1 aliphatic carbocycles. The molecule has 2 rings (SSSR count). The van der Waals surface area contributed by atoms with E-state index in [-0.39, 0.29) is 18.5 Å². The van der Waals surface area contributed by atoms with E-state index in [0.29, 0.717) is 38.6 Å². The summed E-state index contributed by atoms with van der Waals surface area (Å²) in [6.07, 6.45) is 2.42. The first kappa shape index (κ1) is 21.0. The van der Waals surface area contributed by atoms with Gasteiger partial charge in [-0.15, -0.1) is 0 Å². The molecule has 150 valence electrons. The molecule has 8 heteroatoms. The lowest BCUT2D eigenvalue weighted by atomic mass is 9.85. The zero-order valence-corrected chi connectivity index (χ0v) is 16.3. The second-order valence-corrected chi connectivity index (χ2v) is 8.29. The van der Waals surface area contributed by atoms with Gasteiger partial charge in [-0.3, -0.25) is 24.2 Å². The highest BCUT2D eigenvalue weighted by molar-refractivity contribution is 5.83. The molecule has 8 nitrogen and oxygen atoms in total. The lowest BCUT2D eigenvalue weighted by Gasteiger charge is -2.37. The van der Waals surface area contributed by atoms with Crippen LogP contribution in [0.5, 0.6) is 0 Å². The number of carbonyl (C=O) groups excluding carboxylic acids is 2. The maximum atomic E-state index is 12.7. The number of carboxylic acid groups (broad SMARTS) is 1. The Balaban J connectivity index is 2.10. The molecule has 27 heavy (non-hydrogen) atoms. The third-order valence-electron chi connectivity index (χ3n) is 5.11. The first-order valence-corrected chi connectivity index (χ1v) is 9.51. The van der Waals surface area contributed by atoms with Crippen LogP contribution in [0.1, 0.15) is 59.3 Å². The van der Waals surface area contributed by atoms with E-state index in [1.165, 1.54) is 9.80 Å². The molecule has 1 heterocycles. The van der Waals surface area contributed by atoms with Gasteiger partial charge in [0.15, 0.2) is 0 Å². The van der Waals surface area contributed by atoms with E-state index in [4.69, 9.17) is 11.3 Å². The van der Waals surface area contributed by atoms with Crippen molar-refractivity contribution >= 4 is 18.0 Å². The quantitative estimate of drug-likeness (QED) is 0.759. The summed E-state index contributed by atoms with van der Waals surface area (Å²) < 4.78 is 5.48. The number of carboxylic acids is 1. The van der Waals surface area contributed by atoms with Crippen molar-refractivity contribution in [2.24, 2.45) is 5.92 Å². The van der Waals surface area contributed by atoms with Crippen LogP contribution in [0.3, 0.4) is 0 Å². The second kappa shape index (κ2) is 8.59. The molecule has 1 unspecified atom stereocenters. The summed E-state index contributed by atoms with van der Waals surface area (Å²) in [6.45, 7) is 12.9. The third kappa shape index (κ3) is 5.59. The van der Waals surface area contributed by atoms with Crippen molar-refractivity contribution in [1.29, 1.82) is 0 Å². The summed E-state index contributed by atoms with van der Waals surface area (Å²) in [4.78, 5) is 43.1. The van der Waals surface area contributed by atoms with Gasteiger partial charge < -0.3 is 9.84 Å². The van der Waals surface area contributed by atoms with E-state index < -0.39 is 29.7 Å². The molecule has 0 aromatic carbocycles. The molecule has 1 aliphatic heterocycles. The van der Waals surface area contributed by atoms with Gasteiger partial charge in [-0.2, -0.15) is 0 Å². The Morgan fingerprint density at radius 1 is 1.19 bits per heavy atom. The van der Waals surface area contributed by atoms with Crippen LogP contribution in [0.25, 0.3) is 4.85 Å². The largest absolute Gasteiger partial charge is 0.481 e. The van der Waals surface area contributed by atoms with Crippen LogP contribution in [0, 0.1) is 12.5 Å². The molecule has 2 aliphatic rings. The molecule has 2 amide bonds. The second-order valence-electron chi connectivity index (χ2n) is 8.29. The normalized spacial score (nSPS) is 25.6. The lowest BCUT2D eigenvalue weighted by molar-refractivity contribution is -0.143. The average Bonchev–Trinajstić information content (AvgIpc) is 3.06. The fourth-order valence-corrected chi connectivity index (χ4v) is 3.71. The van der Waals surface area contributed by atoms with E-state index in [1.807, 2.05) is 0 Å². The Morgan fingerprint density at radius 2 is 1.81 bits per heavy atom. The molecular weight excluding hydrogens is 350 g/mol. The number of amides is 2. The number of carbonyl (C=O) groups is 3. The molecule has 0 spiro atoms. The van der Waals surface area contributed by atoms with Gasteiger partial charge in [0, 0.05) is 19.0 Å². The minimum absolute atomic E-state index is 0.136. The van der Waals surface area contributed by atoms with Gasteiger partial charge in [0.2, 0.25) is 5.91 Å². The molecule has 1 saturated heterocycles. The molecular formula is C19H29N3O5. The van der Waals surface area contributed by atoms with E-state index in [2.05, 4.69) is 4.85 Å². The topological polar surface area (TPSA) is 91.5 Å². The molecule has 0 radical (unpaired) electrons. The maximum absolute atomic E-state index is 12.7. The van der Waals surface area contributed by atoms with Crippen LogP contribution in [0.15, 0.2) is 0 Å². The minimum atomic E-state index is -0.815. The molecule has 0 bridgehead atoms. The van der Waals surface area contributed by atoms with Crippen LogP contribution in [0.2, 0.25) is 0 Å². The van der Waals surface area contributed by atoms with Crippen LogP contribution < -0.4 is 0 Å². The highest BCUT2D eigenvalue weighted by Gasteiger charge is 2.38. The lowest BCUT2D eigenvalue weighted by Crippen LogP contribution is -2.50. The van der Waals surface area contributed by atoms with Crippen molar-refractivity contribution in [3.63, 3.8) is 0 Å². The number of aliphatic carboxylic acids is 1. The van der Waals surface area contributed by atoms with Gasteiger partial charge >= 0.3 is 18.2 Å². The van der Waals surface area contributed by atoms with Crippen LogP contribution in [-0.2, 0) is 14.3 Å². The number of nitrogens with zero attached hydrogens (tertiary/aromatic N) is 3. The molecule has 2 fully saturated rings. The van der Waals surface area contributed by atoms with Gasteiger partial charge in [0.25, 0.3) is 0 Å². The summed E-state index contributed by atoms with van der Waals surface area (Å²) in [5.41, 5.74) is -0.691. The first-order chi connectivity index (χ1) is 12.6. The third-order valence-corrected chi connectivity index (χ3v) is 5.11. The van der Waals surface area contributed by atoms with E-state index >= 15 is 0 Å². The van der Waals surface area contributed by atoms with Crippen molar-refractivity contribution in [2.75, 3.05) is 13.1 Å². The van der Waals surface area contributed by atoms with Crippen molar-refractivity contribution in [3.8, 4) is 0 Å². The molecule has 1 saturated carbocycles. The number of rotatable bonds is 4. The fraction of sp³-hybridized carbons (Fsp3) is 0.789. The molecule has 0 aromatic rings. The predicted molar refractivity (Wildman–Crippen MR) is 97.7 cm³/mol. The van der Waals surface area contributed by atoms with Gasteiger partial charge in [-0.1, -0.05) is 0 Å². The number of hydrogen-bond donors (Lipinski definition) is 1. The Morgan fingerprint density at radius 3 is 2.33 bits per heavy atom. The Labute approximate surface area is 160 Å². The van der Waals surface area contributed by atoms with Gasteiger partial charge in [-0.25, -0.2) is 11.4 Å². The standard InChI is InChI=1S/C19H29N3O5/c1-19(2,3)27-18(26)22(14-9-7-13(8-10-14)17(24)25)12-16(23)21-11-5-6-15(21)20-4/h13-15H,5-12H2,1-3H3,(H,24,25). The fourth-order valence-electron chi connectivity index (χ4n) is 3.71. The number of hydrogen-bond acceptors (Lipinski definition) is 4. The van der Waals surface area contributed by atoms with Crippen molar-refractivity contribution in [1.82, 2.24) is 9.80 Å². The summed E-state index contributed by atoms with van der Waals surface area (Å²) in [6, 6.07) is -0.228. The summed E-state index contributed by atoms with van der Waals surface area (Å²) in [5, 5.41) is 9.18. The predicted octanol–water partition coefficient (Wildman–Crippen LogP) is 2.73. The van der Waals surface area contributed by atoms with E-state index in [0.717, 1.165) is 6.42 Å². The van der Waals surface area contributed by atoms with Crippen LogP contribution in [-0.4, -0.2) is 63.8 Å². The molecule has 1 N–H and O–H groups in total. The van der Waals surface area contributed by atoms with Crippen LogP contribution >= 0.6 is 0 Å². The SMILES string of the molecule is [C-]#[N+]C1CCCN1C(=O)CN(C(=O)OC(C)(C)C)C1CCC(C(=O)O)CC1. The smallest absolute Gasteiger partial charge is 0.411 e. The van der Waals surface area contributed by atoms with Crippen LogP contribution in [0.4, 0.5) is 4.79 Å². The first-order valence-electron chi connectivity index (χ1n) is 9.51. The van der Waals surface area contributed by atoms with Crippen molar-refractivity contribution < 1.29 is 24.2 Å². The summed E-state index contributed by atoms with van der Waals surface area (Å²) >= 11 is 0. The van der Waals surface area contributed by atoms with E-state index in [1.54, 1.807) is 20.8 Å². The molecule has 0 aromatic heterocycles. The highest BCUT2D eigenvalue weighted by atomic mass is 16.6.